The van der Waals surface area contributed by atoms with Gasteiger partial charge in [-0.15, -0.1) is 0 Å². The molecule has 6 nitrogen and oxygen atoms in total. The van der Waals surface area contributed by atoms with Crippen molar-refractivity contribution >= 4 is 11.8 Å². The molecule has 3 fully saturated rings. The summed E-state index contributed by atoms with van der Waals surface area (Å²) in [6, 6.07) is 0. The number of ether oxygens (including phenoxy) is 1. The molecular formula is C20H35N3O3. The number of hydrogen-bond donors (Lipinski definition) is 1. The third-order valence-corrected chi connectivity index (χ3v) is 7.04. The second-order valence-electron chi connectivity index (χ2n) is 8.79. The minimum absolute atomic E-state index is 0.0169. The zero-order chi connectivity index (χ0) is 18.9. The van der Waals surface area contributed by atoms with E-state index in [9.17, 15) is 9.59 Å². The molecule has 148 valence electrons. The molecule has 1 aliphatic heterocycles. The Hall–Kier alpha value is -1.14. The normalized spacial score (nSPS) is 32.2. The number of rotatable bonds is 4. The minimum atomic E-state index is -0.859. The highest BCUT2D eigenvalue weighted by atomic mass is 16.5. The molecule has 2 N–H and O–H groups in total. The van der Waals surface area contributed by atoms with Crippen LogP contribution in [0.25, 0.3) is 0 Å². The highest BCUT2D eigenvalue weighted by molar-refractivity contribution is 5.89. The molecule has 2 unspecified atom stereocenters. The fraction of sp³-hybridized carbons (Fsp3) is 0.900. The van der Waals surface area contributed by atoms with E-state index in [1.807, 2.05) is 30.6 Å². The molecule has 2 atom stereocenters. The van der Waals surface area contributed by atoms with Crippen LogP contribution < -0.4 is 5.73 Å². The molecule has 0 aromatic carbocycles. The van der Waals surface area contributed by atoms with Gasteiger partial charge < -0.3 is 20.3 Å². The Labute approximate surface area is 157 Å². The second kappa shape index (κ2) is 7.47. The van der Waals surface area contributed by atoms with E-state index < -0.39 is 5.54 Å². The van der Waals surface area contributed by atoms with Crippen molar-refractivity contribution < 1.29 is 14.3 Å². The highest BCUT2D eigenvalue weighted by Gasteiger charge is 2.63. The maximum atomic E-state index is 13.1. The van der Waals surface area contributed by atoms with Gasteiger partial charge in [0.2, 0.25) is 11.8 Å². The Kier molecular flexibility index (Phi) is 5.63. The van der Waals surface area contributed by atoms with Crippen LogP contribution in [0.15, 0.2) is 0 Å². The largest absolute Gasteiger partial charge is 0.378 e. The summed E-state index contributed by atoms with van der Waals surface area (Å²) in [6.07, 6.45) is 6.25. The smallest absolute Gasteiger partial charge is 0.243 e. The van der Waals surface area contributed by atoms with Gasteiger partial charge in [-0.2, -0.15) is 0 Å². The minimum Gasteiger partial charge on any atom is -0.378 e. The van der Waals surface area contributed by atoms with Gasteiger partial charge >= 0.3 is 0 Å². The molecule has 2 aliphatic carbocycles. The third-order valence-electron chi connectivity index (χ3n) is 7.04. The van der Waals surface area contributed by atoms with Crippen LogP contribution in [0.1, 0.15) is 59.3 Å². The first kappa shape index (κ1) is 19.6. The van der Waals surface area contributed by atoms with Gasteiger partial charge in [0.05, 0.1) is 6.10 Å². The molecule has 0 radical (unpaired) electrons. The second-order valence-corrected chi connectivity index (χ2v) is 8.79. The number of amides is 2. The predicted octanol–water partition coefficient (Wildman–Crippen LogP) is 1.77. The van der Waals surface area contributed by atoms with Crippen LogP contribution >= 0.6 is 0 Å². The zero-order valence-electron chi connectivity index (χ0n) is 16.6. The first-order valence-corrected chi connectivity index (χ1v) is 10.3. The van der Waals surface area contributed by atoms with Gasteiger partial charge in [-0.05, 0) is 19.8 Å². The van der Waals surface area contributed by atoms with E-state index in [0.717, 1.165) is 12.8 Å². The lowest BCUT2D eigenvalue weighted by Gasteiger charge is -2.59. The van der Waals surface area contributed by atoms with E-state index in [1.165, 1.54) is 19.3 Å². The maximum absolute atomic E-state index is 13.1. The van der Waals surface area contributed by atoms with Crippen molar-refractivity contribution in [2.45, 2.75) is 70.9 Å². The quantitative estimate of drug-likeness (QED) is 0.824. The molecular weight excluding hydrogens is 330 g/mol. The van der Waals surface area contributed by atoms with Crippen molar-refractivity contribution in [3.8, 4) is 0 Å². The van der Waals surface area contributed by atoms with Crippen molar-refractivity contribution in [1.82, 2.24) is 9.80 Å². The fourth-order valence-corrected chi connectivity index (χ4v) is 4.82. The predicted molar refractivity (Wildman–Crippen MR) is 100 cm³/mol. The van der Waals surface area contributed by atoms with E-state index in [-0.39, 0.29) is 23.3 Å². The van der Waals surface area contributed by atoms with Gasteiger partial charge in [-0.3, -0.25) is 9.59 Å². The average molecular weight is 366 g/mol. The molecule has 6 heteroatoms. The standard InChI is InChI=1S/C20H35N3O3/c1-4-26-16-14-20(21,19(16,2)3)18(25)23-12-10-22(11-13-23)17(24)15-8-6-5-7-9-15/h15-16H,4-14,21H2,1-3H3. The lowest BCUT2D eigenvalue weighted by Crippen LogP contribution is -2.76. The van der Waals surface area contributed by atoms with Gasteiger partial charge in [0.25, 0.3) is 0 Å². The highest BCUT2D eigenvalue weighted by Crippen LogP contribution is 2.50. The Bertz CT molecular complexity index is 536. The molecule has 0 aromatic rings. The SMILES string of the molecule is CCOC1CC(N)(C(=O)N2CCN(C(=O)C3CCCCC3)CC2)C1(C)C. The summed E-state index contributed by atoms with van der Waals surface area (Å²) in [6.45, 7) is 9.10. The summed E-state index contributed by atoms with van der Waals surface area (Å²) >= 11 is 0. The van der Waals surface area contributed by atoms with E-state index in [0.29, 0.717) is 45.1 Å². The van der Waals surface area contributed by atoms with Crippen LogP contribution in [-0.2, 0) is 14.3 Å². The molecule has 3 aliphatic rings. The van der Waals surface area contributed by atoms with Gasteiger partial charge in [-0.1, -0.05) is 33.1 Å². The van der Waals surface area contributed by atoms with Crippen LogP contribution in [0.3, 0.4) is 0 Å². The van der Waals surface area contributed by atoms with Crippen LogP contribution in [0.5, 0.6) is 0 Å². The van der Waals surface area contributed by atoms with Gasteiger partial charge in [0.1, 0.15) is 5.54 Å². The number of hydrogen-bond acceptors (Lipinski definition) is 4. The maximum Gasteiger partial charge on any atom is 0.243 e. The van der Waals surface area contributed by atoms with Crippen LogP contribution in [0, 0.1) is 11.3 Å². The van der Waals surface area contributed by atoms with E-state index in [2.05, 4.69) is 0 Å². The van der Waals surface area contributed by atoms with Crippen molar-refractivity contribution in [2.75, 3.05) is 32.8 Å². The number of carbonyl (C=O) groups excluding carboxylic acids is 2. The first-order chi connectivity index (χ1) is 12.3. The molecule has 1 saturated heterocycles. The molecule has 2 amide bonds. The molecule has 0 aromatic heterocycles. The summed E-state index contributed by atoms with van der Waals surface area (Å²) in [5.74, 6) is 0.507. The number of piperazine rings is 1. The van der Waals surface area contributed by atoms with Crippen molar-refractivity contribution in [3.05, 3.63) is 0 Å². The monoisotopic (exact) mass is 365 g/mol. The molecule has 3 rings (SSSR count). The number of nitrogens with two attached hydrogens (primary N) is 1. The summed E-state index contributed by atoms with van der Waals surface area (Å²) in [5, 5.41) is 0. The Morgan fingerprint density at radius 1 is 1.04 bits per heavy atom. The Morgan fingerprint density at radius 3 is 2.15 bits per heavy atom. The molecule has 26 heavy (non-hydrogen) atoms. The molecule has 0 spiro atoms. The van der Waals surface area contributed by atoms with Gasteiger partial charge in [0.15, 0.2) is 0 Å². The fourth-order valence-electron chi connectivity index (χ4n) is 4.82. The van der Waals surface area contributed by atoms with Gasteiger partial charge in [0, 0.05) is 50.5 Å². The number of carbonyl (C=O) groups is 2. The summed E-state index contributed by atoms with van der Waals surface area (Å²) in [5.41, 5.74) is 5.31. The Morgan fingerprint density at radius 2 is 1.62 bits per heavy atom. The molecule has 2 saturated carbocycles. The van der Waals surface area contributed by atoms with E-state index in [4.69, 9.17) is 10.5 Å². The van der Waals surface area contributed by atoms with Crippen molar-refractivity contribution in [2.24, 2.45) is 17.1 Å². The summed E-state index contributed by atoms with van der Waals surface area (Å²) in [4.78, 5) is 29.6. The lowest BCUT2D eigenvalue weighted by atomic mass is 9.54. The van der Waals surface area contributed by atoms with E-state index >= 15 is 0 Å². The Balaban J connectivity index is 1.55. The van der Waals surface area contributed by atoms with Crippen molar-refractivity contribution in [3.63, 3.8) is 0 Å². The molecule has 0 bridgehead atoms. The van der Waals surface area contributed by atoms with E-state index in [1.54, 1.807) is 0 Å². The molecule has 1 heterocycles. The zero-order valence-corrected chi connectivity index (χ0v) is 16.6. The topological polar surface area (TPSA) is 75.9 Å². The summed E-state index contributed by atoms with van der Waals surface area (Å²) < 4.78 is 5.74. The third kappa shape index (κ3) is 3.26. The van der Waals surface area contributed by atoms with Crippen LogP contribution in [0.2, 0.25) is 0 Å². The van der Waals surface area contributed by atoms with Gasteiger partial charge in [-0.25, -0.2) is 0 Å². The van der Waals surface area contributed by atoms with Crippen LogP contribution in [-0.4, -0.2) is 66.0 Å². The number of nitrogens with zero attached hydrogens (tertiary/aromatic N) is 2. The van der Waals surface area contributed by atoms with Crippen molar-refractivity contribution in [1.29, 1.82) is 0 Å². The first-order valence-electron chi connectivity index (χ1n) is 10.3. The average Bonchev–Trinajstić information content (AvgIpc) is 2.67. The van der Waals surface area contributed by atoms with Crippen LogP contribution in [0.4, 0.5) is 0 Å². The lowest BCUT2D eigenvalue weighted by molar-refractivity contribution is -0.181. The summed E-state index contributed by atoms with van der Waals surface area (Å²) in [7, 11) is 0.